The Kier molecular flexibility index (Phi) is 6.94. The molecule has 0 unspecified atom stereocenters. The van der Waals surface area contributed by atoms with Gasteiger partial charge < -0.3 is 9.84 Å². The predicted molar refractivity (Wildman–Crippen MR) is 100 cm³/mol. The summed E-state index contributed by atoms with van der Waals surface area (Å²) < 4.78 is 83.8. The van der Waals surface area contributed by atoms with Gasteiger partial charge in [-0.3, -0.25) is 14.3 Å². The molecule has 0 aliphatic rings. The van der Waals surface area contributed by atoms with Gasteiger partial charge >= 0.3 is 12.1 Å². The second-order valence-corrected chi connectivity index (χ2v) is 8.30. The molecule has 2 rings (SSSR count). The van der Waals surface area contributed by atoms with Crippen LogP contribution in [0.4, 0.5) is 23.2 Å². The number of esters is 1. The number of halogens is 4. The average molecular weight is 463 g/mol. The SMILES string of the molecule is CC(C)OC(=O)[C@H](C(=O)C(F)(F)F)c1cc(NS(=O)(=O)c2ccc(F)cc2)ccc1O. The number of ketones is 1. The number of ether oxygens (including phenoxy) is 1. The van der Waals surface area contributed by atoms with Crippen LogP contribution in [-0.2, 0) is 24.3 Å². The number of phenolic OH excluding ortho intramolecular Hbond substituents is 1. The molecule has 0 aliphatic heterocycles. The first-order valence-corrected chi connectivity index (χ1v) is 10.1. The van der Waals surface area contributed by atoms with E-state index in [2.05, 4.69) is 0 Å². The number of aromatic hydroxyl groups is 1. The van der Waals surface area contributed by atoms with Crippen LogP contribution < -0.4 is 4.72 Å². The lowest BCUT2D eigenvalue weighted by atomic mass is 9.93. The van der Waals surface area contributed by atoms with Gasteiger partial charge in [-0.2, -0.15) is 13.2 Å². The second kappa shape index (κ2) is 8.92. The fourth-order valence-corrected chi connectivity index (χ4v) is 3.57. The zero-order valence-electron chi connectivity index (χ0n) is 16.1. The van der Waals surface area contributed by atoms with Crippen LogP contribution in [0.1, 0.15) is 25.3 Å². The van der Waals surface area contributed by atoms with Crippen LogP contribution in [0.5, 0.6) is 5.75 Å². The van der Waals surface area contributed by atoms with Crippen LogP contribution in [0.15, 0.2) is 47.4 Å². The monoisotopic (exact) mass is 463 g/mol. The summed E-state index contributed by atoms with van der Waals surface area (Å²) in [6.45, 7) is 2.69. The number of anilines is 1. The molecule has 0 heterocycles. The summed E-state index contributed by atoms with van der Waals surface area (Å²) in [5, 5.41) is 10.0. The van der Waals surface area contributed by atoms with Crippen molar-refractivity contribution in [1.29, 1.82) is 0 Å². The highest BCUT2D eigenvalue weighted by Gasteiger charge is 2.48. The third kappa shape index (κ3) is 5.94. The molecular formula is C19H17F4NO6S. The molecule has 31 heavy (non-hydrogen) atoms. The molecule has 0 saturated heterocycles. The highest BCUT2D eigenvalue weighted by molar-refractivity contribution is 7.92. The molecule has 0 aliphatic carbocycles. The van der Waals surface area contributed by atoms with Gasteiger partial charge in [-0.1, -0.05) is 0 Å². The minimum atomic E-state index is -5.43. The van der Waals surface area contributed by atoms with Crippen LogP contribution in [0.2, 0.25) is 0 Å². The molecule has 0 aromatic heterocycles. The highest BCUT2D eigenvalue weighted by Crippen LogP contribution is 2.35. The van der Waals surface area contributed by atoms with Crippen molar-refractivity contribution >= 4 is 27.5 Å². The van der Waals surface area contributed by atoms with E-state index in [1.54, 1.807) is 0 Å². The number of carbonyl (C=O) groups excluding carboxylic acids is 2. The van der Waals surface area contributed by atoms with E-state index >= 15 is 0 Å². The van der Waals surface area contributed by atoms with Crippen LogP contribution in [-0.4, -0.2) is 37.6 Å². The Balaban J connectivity index is 2.49. The maximum Gasteiger partial charge on any atom is 0.451 e. The van der Waals surface area contributed by atoms with Gasteiger partial charge in [-0.05, 0) is 56.3 Å². The maximum atomic E-state index is 13.1. The first-order chi connectivity index (χ1) is 14.2. The Bertz CT molecular complexity index is 1080. The van der Waals surface area contributed by atoms with E-state index in [1.807, 2.05) is 4.72 Å². The van der Waals surface area contributed by atoms with Crippen molar-refractivity contribution in [3.63, 3.8) is 0 Å². The lowest BCUT2D eigenvalue weighted by Gasteiger charge is -2.20. The fraction of sp³-hybridized carbons (Fsp3) is 0.263. The molecule has 1 atom stereocenters. The first-order valence-electron chi connectivity index (χ1n) is 8.65. The molecule has 0 fully saturated rings. The number of phenols is 1. The summed E-state index contributed by atoms with van der Waals surface area (Å²) in [7, 11) is -4.29. The van der Waals surface area contributed by atoms with E-state index in [9.17, 15) is 40.7 Å². The molecule has 0 saturated carbocycles. The minimum Gasteiger partial charge on any atom is -0.508 e. The molecule has 12 heteroatoms. The lowest BCUT2D eigenvalue weighted by molar-refractivity contribution is -0.178. The van der Waals surface area contributed by atoms with Crippen molar-refractivity contribution in [1.82, 2.24) is 0 Å². The number of alkyl halides is 3. The van der Waals surface area contributed by atoms with Crippen LogP contribution in [0.25, 0.3) is 0 Å². The van der Waals surface area contributed by atoms with Crippen molar-refractivity contribution in [2.45, 2.75) is 36.9 Å². The van der Waals surface area contributed by atoms with Crippen molar-refractivity contribution in [2.24, 2.45) is 0 Å². The number of benzene rings is 2. The average Bonchev–Trinajstić information content (AvgIpc) is 2.63. The molecule has 2 aromatic rings. The van der Waals surface area contributed by atoms with Gasteiger partial charge in [-0.25, -0.2) is 12.8 Å². The maximum absolute atomic E-state index is 13.1. The van der Waals surface area contributed by atoms with Gasteiger partial charge in [0, 0.05) is 11.3 Å². The summed E-state index contributed by atoms with van der Waals surface area (Å²) in [6.07, 6.45) is -6.30. The Hall–Kier alpha value is -3.15. The van der Waals surface area contributed by atoms with Crippen molar-refractivity contribution in [3.05, 3.63) is 53.8 Å². The molecule has 0 spiro atoms. The Labute approximate surface area is 174 Å². The van der Waals surface area contributed by atoms with Gasteiger partial charge in [0.25, 0.3) is 15.8 Å². The normalized spacial score (nSPS) is 13.0. The summed E-state index contributed by atoms with van der Waals surface area (Å²) in [4.78, 5) is 23.7. The predicted octanol–water partition coefficient (Wildman–Crippen LogP) is 3.50. The van der Waals surface area contributed by atoms with Gasteiger partial charge in [0.2, 0.25) is 0 Å². The summed E-state index contributed by atoms with van der Waals surface area (Å²) >= 11 is 0. The van der Waals surface area contributed by atoms with Gasteiger partial charge in [0.05, 0.1) is 11.0 Å². The Morgan fingerprint density at radius 2 is 1.65 bits per heavy atom. The van der Waals surface area contributed by atoms with Crippen LogP contribution in [0.3, 0.4) is 0 Å². The largest absolute Gasteiger partial charge is 0.508 e. The molecule has 0 bridgehead atoms. The van der Waals surface area contributed by atoms with Gasteiger partial charge in [0.1, 0.15) is 11.6 Å². The topological polar surface area (TPSA) is 110 Å². The smallest absolute Gasteiger partial charge is 0.451 e. The van der Waals surface area contributed by atoms with Crippen molar-refractivity contribution in [3.8, 4) is 5.75 Å². The minimum absolute atomic E-state index is 0.352. The third-order valence-corrected chi connectivity index (χ3v) is 5.24. The Morgan fingerprint density at radius 3 is 2.16 bits per heavy atom. The Morgan fingerprint density at radius 1 is 1.06 bits per heavy atom. The lowest BCUT2D eigenvalue weighted by Crippen LogP contribution is -2.35. The standard InChI is InChI=1S/C19H17F4NO6S/c1-10(2)30-18(27)16(17(26)19(21,22)23)14-9-12(5-8-15(14)25)24-31(28,29)13-6-3-11(20)4-7-13/h3-10,16,24-25H,1-2H3/t16-/m0/s1. The number of hydrogen-bond acceptors (Lipinski definition) is 6. The number of hydrogen-bond donors (Lipinski definition) is 2. The summed E-state index contributed by atoms with van der Waals surface area (Å²) in [6, 6.07) is 6.21. The summed E-state index contributed by atoms with van der Waals surface area (Å²) in [5.41, 5.74) is -1.15. The van der Waals surface area contributed by atoms with Crippen LogP contribution in [0, 0.1) is 5.82 Å². The van der Waals surface area contributed by atoms with Crippen LogP contribution >= 0.6 is 0 Å². The molecule has 7 nitrogen and oxygen atoms in total. The van der Waals surface area contributed by atoms with Gasteiger partial charge in [-0.15, -0.1) is 0 Å². The molecule has 2 N–H and O–H groups in total. The van der Waals surface area contributed by atoms with E-state index in [0.29, 0.717) is 6.07 Å². The number of Topliss-reactive ketones (excluding diaryl/α,β-unsaturated/α-hetero) is 1. The second-order valence-electron chi connectivity index (χ2n) is 6.61. The van der Waals surface area contributed by atoms with E-state index in [4.69, 9.17) is 4.74 Å². The van der Waals surface area contributed by atoms with E-state index in [-0.39, 0.29) is 10.6 Å². The number of nitrogens with one attached hydrogen (secondary N) is 1. The zero-order chi connectivity index (χ0) is 23.6. The zero-order valence-corrected chi connectivity index (χ0v) is 16.9. The highest BCUT2D eigenvalue weighted by atomic mass is 32.2. The molecule has 0 amide bonds. The van der Waals surface area contributed by atoms with Crippen molar-refractivity contribution in [2.75, 3.05) is 4.72 Å². The first kappa shape index (κ1) is 24.1. The summed E-state index contributed by atoms with van der Waals surface area (Å²) in [5.74, 6) is -8.17. The third-order valence-electron chi connectivity index (χ3n) is 3.84. The van der Waals surface area contributed by atoms with E-state index < -0.39 is 57.1 Å². The number of carbonyl (C=O) groups is 2. The molecule has 2 aromatic carbocycles. The van der Waals surface area contributed by atoms with Crippen molar-refractivity contribution < 1.29 is 45.4 Å². The fourth-order valence-electron chi connectivity index (χ4n) is 2.52. The number of sulfonamides is 1. The molecule has 0 radical (unpaired) electrons. The van der Waals surface area contributed by atoms with E-state index in [0.717, 1.165) is 36.4 Å². The van der Waals surface area contributed by atoms with E-state index in [1.165, 1.54) is 13.8 Å². The van der Waals surface area contributed by atoms with Gasteiger partial charge in [0.15, 0.2) is 5.92 Å². The molecule has 168 valence electrons. The number of rotatable bonds is 7. The molecular weight excluding hydrogens is 446 g/mol. The quantitative estimate of drug-likeness (QED) is 0.282.